The first-order valence-corrected chi connectivity index (χ1v) is 5.02. The van der Waals surface area contributed by atoms with Gasteiger partial charge < -0.3 is 32.9 Å². The van der Waals surface area contributed by atoms with Crippen LogP contribution < -0.4 is 19.2 Å². The largest absolute Gasteiger partial charge is 2.00 e. The Balaban J connectivity index is -0.000000320. The third-order valence-electron chi connectivity index (χ3n) is 0.258. The second-order valence-electron chi connectivity index (χ2n) is 1.15. The molecule has 0 rings (SSSR count). The standard InChI is InChI=1S/Ba.H2O7Si2.Sr/c;1-8(2,3)7-9(4,5)6;/h;1-2H;/q+2;-4;+2. The van der Waals surface area contributed by atoms with E-state index in [4.69, 9.17) is 9.59 Å². The van der Waals surface area contributed by atoms with Crippen LogP contribution in [0.15, 0.2) is 0 Å². The van der Waals surface area contributed by atoms with Gasteiger partial charge in [-0.25, -0.2) is 0 Å². The molecule has 0 saturated carbocycles. The van der Waals surface area contributed by atoms with Gasteiger partial charge in [-0.05, 0) is 0 Å². The first-order chi connectivity index (χ1) is 3.71. The van der Waals surface area contributed by atoms with Crippen LogP contribution in [0.1, 0.15) is 0 Å². The zero-order valence-electron chi connectivity index (χ0n) is 5.35. The molecular weight excluding hydrogens is 393 g/mol. The van der Waals surface area contributed by atoms with Crippen LogP contribution in [0.4, 0.5) is 0 Å². The minimum atomic E-state index is -5.79. The summed E-state index contributed by atoms with van der Waals surface area (Å²) >= 11 is 0. The Labute approximate surface area is 142 Å². The van der Waals surface area contributed by atoms with Crippen LogP contribution in [-0.4, -0.2) is 122 Å². The van der Waals surface area contributed by atoms with E-state index in [1.807, 2.05) is 0 Å². The zero-order chi connectivity index (χ0) is 7.71. The molecule has 0 fully saturated rings. The fourth-order valence-electron chi connectivity index (χ4n) is 0.163. The SMILES string of the molecule is [Ba+2].[O-][Si]([O-])([O-])O[Si]([O-])(O)O.[Sr+2]. The van der Waals surface area contributed by atoms with Gasteiger partial charge in [0.15, 0.2) is 0 Å². The average molecular weight is 395 g/mol. The van der Waals surface area contributed by atoms with Gasteiger partial charge in [-0.1, -0.05) is 0 Å². The molecule has 7 nitrogen and oxygen atoms in total. The fraction of sp³-hybridized carbons (Fsp3) is 0. The maximum atomic E-state index is 9.58. The van der Waals surface area contributed by atoms with Crippen molar-refractivity contribution in [2.75, 3.05) is 0 Å². The molecule has 11 heteroatoms. The van der Waals surface area contributed by atoms with Crippen molar-refractivity contribution in [2.45, 2.75) is 0 Å². The molecule has 0 aromatic rings. The van der Waals surface area contributed by atoms with Crippen molar-refractivity contribution < 1.29 is 32.9 Å². The minimum Gasteiger partial charge on any atom is -0.862 e. The fourth-order valence-corrected chi connectivity index (χ4v) is 1.47. The van der Waals surface area contributed by atoms with Gasteiger partial charge in [-0.3, -0.25) is 0 Å². The van der Waals surface area contributed by atoms with Crippen molar-refractivity contribution >= 4 is 112 Å². The Hall–Kier alpha value is 3.21. The van der Waals surface area contributed by atoms with E-state index in [2.05, 4.69) is 4.12 Å². The van der Waals surface area contributed by atoms with E-state index in [1.165, 1.54) is 0 Å². The molecule has 0 aliphatic heterocycles. The van der Waals surface area contributed by atoms with Crippen LogP contribution in [0, 0.1) is 0 Å². The van der Waals surface area contributed by atoms with Gasteiger partial charge in [0.25, 0.3) is 0 Å². The van der Waals surface area contributed by atoms with Crippen molar-refractivity contribution in [3.63, 3.8) is 0 Å². The maximum absolute atomic E-state index is 9.58. The second kappa shape index (κ2) is 7.49. The molecule has 56 valence electrons. The molecule has 0 aromatic heterocycles. The Bertz CT molecular complexity index is 81.6. The Morgan fingerprint density at radius 3 is 1.27 bits per heavy atom. The van der Waals surface area contributed by atoms with Crippen LogP contribution in [0.2, 0.25) is 0 Å². The van der Waals surface area contributed by atoms with Crippen LogP contribution in [0.25, 0.3) is 0 Å². The second-order valence-corrected chi connectivity index (χ2v) is 4.06. The third-order valence-corrected chi connectivity index (χ3v) is 2.32. The molecular formula is H2BaO7Si2Sr. The Kier molecular flexibility index (Phi) is 13.4. The zero-order valence-corrected chi connectivity index (χ0v) is 15.3. The summed E-state index contributed by atoms with van der Waals surface area (Å²) in [5.41, 5.74) is 0. The molecule has 0 aliphatic carbocycles. The molecule has 0 radical (unpaired) electrons. The van der Waals surface area contributed by atoms with E-state index < -0.39 is 18.1 Å². The van der Waals surface area contributed by atoms with Crippen LogP contribution >= 0.6 is 0 Å². The van der Waals surface area contributed by atoms with Crippen LogP contribution in [0.3, 0.4) is 0 Å². The maximum Gasteiger partial charge on any atom is 2.00 e. The summed E-state index contributed by atoms with van der Waals surface area (Å²) in [6.07, 6.45) is 0. The van der Waals surface area contributed by atoms with E-state index in [0.717, 1.165) is 0 Å². The molecule has 0 amide bonds. The Morgan fingerprint density at radius 1 is 1.00 bits per heavy atom. The van der Waals surface area contributed by atoms with Gasteiger partial charge in [0.2, 0.25) is 0 Å². The van der Waals surface area contributed by atoms with Crippen molar-refractivity contribution in [1.82, 2.24) is 0 Å². The molecule has 0 unspecified atom stereocenters. The summed E-state index contributed by atoms with van der Waals surface area (Å²) in [6, 6.07) is 0. The first kappa shape index (κ1) is 19.7. The number of rotatable bonds is 2. The van der Waals surface area contributed by atoms with Gasteiger partial charge in [0, 0.05) is 0 Å². The summed E-state index contributed by atoms with van der Waals surface area (Å²) in [5.74, 6) is 0. The summed E-state index contributed by atoms with van der Waals surface area (Å²) in [4.78, 5) is 53.3. The molecule has 0 atom stereocenters. The molecule has 0 heterocycles. The van der Waals surface area contributed by atoms with Gasteiger partial charge in [-0.2, -0.15) is 0 Å². The first-order valence-electron chi connectivity index (χ1n) is 1.67. The molecule has 2 N–H and O–H groups in total. The van der Waals surface area contributed by atoms with E-state index in [0.29, 0.717) is 0 Å². The minimum absolute atomic E-state index is 0. The molecule has 0 saturated heterocycles. The summed E-state index contributed by atoms with van der Waals surface area (Å²) in [7, 11) is -11.2. The molecule has 11 heavy (non-hydrogen) atoms. The van der Waals surface area contributed by atoms with Crippen molar-refractivity contribution in [3.05, 3.63) is 0 Å². The quantitative estimate of drug-likeness (QED) is 0.443. The average Bonchev–Trinajstić information content (AvgIpc) is 1.14. The predicted octanol–water partition coefficient (Wildman–Crippen LogP) is -7.46. The molecule has 0 aliphatic rings. The summed E-state index contributed by atoms with van der Waals surface area (Å²) in [5, 5.41) is 0. The van der Waals surface area contributed by atoms with Gasteiger partial charge in [-0.15, -0.1) is 9.05 Å². The summed E-state index contributed by atoms with van der Waals surface area (Å²) < 4.78 is 2.79. The smallest absolute Gasteiger partial charge is 0.862 e. The van der Waals surface area contributed by atoms with E-state index >= 15 is 0 Å². The topological polar surface area (TPSA) is 142 Å². The van der Waals surface area contributed by atoms with E-state index in [9.17, 15) is 19.2 Å². The van der Waals surface area contributed by atoms with E-state index in [-0.39, 0.29) is 94.4 Å². The van der Waals surface area contributed by atoms with Gasteiger partial charge >= 0.3 is 103 Å². The van der Waals surface area contributed by atoms with Crippen LogP contribution in [0.5, 0.6) is 0 Å². The summed E-state index contributed by atoms with van der Waals surface area (Å²) in [6.45, 7) is 0. The van der Waals surface area contributed by atoms with Gasteiger partial charge in [0.1, 0.15) is 0 Å². The molecule has 0 spiro atoms. The molecule has 0 bridgehead atoms. The number of hydrogen-bond donors (Lipinski definition) is 2. The number of hydrogen-bond acceptors (Lipinski definition) is 7. The monoisotopic (exact) mass is 396 g/mol. The predicted molar refractivity (Wildman–Crippen MR) is 28.5 cm³/mol. The van der Waals surface area contributed by atoms with Crippen molar-refractivity contribution in [3.8, 4) is 0 Å². The van der Waals surface area contributed by atoms with E-state index in [1.54, 1.807) is 0 Å². The third kappa shape index (κ3) is 19.6. The van der Waals surface area contributed by atoms with Gasteiger partial charge in [0.05, 0.1) is 0 Å². The van der Waals surface area contributed by atoms with Crippen molar-refractivity contribution in [2.24, 2.45) is 0 Å². The Morgan fingerprint density at radius 2 is 1.27 bits per heavy atom. The normalized spacial score (nSPS) is 11.5. The van der Waals surface area contributed by atoms with Crippen molar-refractivity contribution in [1.29, 1.82) is 0 Å². The molecule has 0 aromatic carbocycles. The van der Waals surface area contributed by atoms with Crippen LogP contribution in [-0.2, 0) is 4.12 Å².